The SMILES string of the molecule is CCc1cc([C@H]2O[C@@H](n3cnc4c(NCC(c5ccc(O)cc5)c5ccc(O)cc5)nc(Cl)nc43)[C@H](OC(C)=O)[C@@H]2OC(C)=O)on1. The molecule has 6 rings (SSSR count). The number of phenolic OH excluding ortho intramolecular Hbond substituents is 2. The van der Waals surface area contributed by atoms with Gasteiger partial charge >= 0.3 is 11.9 Å². The minimum Gasteiger partial charge on any atom is -0.508 e. The van der Waals surface area contributed by atoms with Crippen LogP contribution in [0.2, 0.25) is 5.28 Å². The number of nitrogens with one attached hydrogen (secondary N) is 1. The van der Waals surface area contributed by atoms with E-state index in [4.69, 9.17) is 30.3 Å². The van der Waals surface area contributed by atoms with E-state index in [2.05, 4.69) is 25.4 Å². The number of aryl methyl sites for hydroxylation is 1. The average molecular weight is 663 g/mol. The van der Waals surface area contributed by atoms with Gasteiger partial charge in [-0.15, -0.1) is 0 Å². The quantitative estimate of drug-likeness (QED) is 0.137. The van der Waals surface area contributed by atoms with Gasteiger partial charge in [0.05, 0.1) is 12.0 Å². The van der Waals surface area contributed by atoms with Gasteiger partial charge in [0.15, 0.2) is 47.3 Å². The number of ether oxygens (including phenoxy) is 3. The first-order valence-corrected chi connectivity index (χ1v) is 15.2. The van der Waals surface area contributed by atoms with Crippen molar-refractivity contribution in [3.8, 4) is 11.5 Å². The van der Waals surface area contributed by atoms with E-state index in [1.165, 1.54) is 24.7 Å². The molecule has 244 valence electrons. The lowest BCUT2D eigenvalue weighted by Gasteiger charge is -2.23. The van der Waals surface area contributed by atoms with E-state index in [0.29, 0.717) is 35.8 Å². The fraction of sp³-hybridized carbons (Fsp3) is 0.312. The van der Waals surface area contributed by atoms with Crippen LogP contribution in [0.1, 0.15) is 61.6 Å². The zero-order valence-corrected chi connectivity index (χ0v) is 26.3. The fourth-order valence-corrected chi connectivity index (χ4v) is 5.76. The molecule has 0 bridgehead atoms. The van der Waals surface area contributed by atoms with Gasteiger partial charge in [-0.25, -0.2) is 4.98 Å². The Morgan fingerprint density at radius 2 is 1.60 bits per heavy atom. The van der Waals surface area contributed by atoms with Crippen LogP contribution in [0.25, 0.3) is 11.2 Å². The molecule has 0 unspecified atom stereocenters. The number of carbonyl (C=O) groups is 2. The van der Waals surface area contributed by atoms with Crippen LogP contribution < -0.4 is 5.32 Å². The van der Waals surface area contributed by atoms with Gasteiger partial charge in [0.1, 0.15) is 11.5 Å². The highest BCUT2D eigenvalue weighted by molar-refractivity contribution is 6.28. The molecule has 15 heteroatoms. The van der Waals surface area contributed by atoms with Crippen molar-refractivity contribution in [2.45, 2.75) is 57.6 Å². The molecule has 0 amide bonds. The predicted octanol–water partition coefficient (Wildman–Crippen LogP) is 4.82. The van der Waals surface area contributed by atoms with Gasteiger partial charge in [0, 0.05) is 32.4 Å². The molecule has 1 aliphatic heterocycles. The number of halogens is 1. The first kappa shape index (κ1) is 31.8. The molecule has 3 N–H and O–H groups in total. The Kier molecular flexibility index (Phi) is 8.96. The van der Waals surface area contributed by atoms with Gasteiger partial charge in [0.25, 0.3) is 0 Å². The molecule has 4 heterocycles. The van der Waals surface area contributed by atoms with Crippen molar-refractivity contribution in [3.05, 3.63) is 88.8 Å². The highest BCUT2D eigenvalue weighted by atomic mass is 35.5. The van der Waals surface area contributed by atoms with Crippen molar-refractivity contribution in [2.75, 3.05) is 11.9 Å². The monoisotopic (exact) mass is 662 g/mol. The molecule has 47 heavy (non-hydrogen) atoms. The summed E-state index contributed by atoms with van der Waals surface area (Å²) in [6, 6.07) is 15.3. The molecule has 14 nitrogen and oxygen atoms in total. The van der Waals surface area contributed by atoms with Crippen molar-refractivity contribution < 1.29 is 38.5 Å². The predicted molar refractivity (Wildman–Crippen MR) is 167 cm³/mol. The first-order valence-electron chi connectivity index (χ1n) is 14.8. The number of esters is 2. The Bertz CT molecular complexity index is 1850. The van der Waals surface area contributed by atoms with E-state index in [9.17, 15) is 19.8 Å². The number of benzene rings is 2. The molecule has 1 aliphatic rings. The second kappa shape index (κ2) is 13.3. The lowest BCUT2D eigenvalue weighted by atomic mass is 9.91. The Hall–Kier alpha value is -5.21. The summed E-state index contributed by atoms with van der Waals surface area (Å²) in [6.45, 7) is 4.72. The molecule has 2 aromatic carbocycles. The zero-order valence-electron chi connectivity index (χ0n) is 25.5. The number of hydrogen-bond acceptors (Lipinski definition) is 13. The molecular formula is C32H31ClN6O8. The second-order valence-electron chi connectivity index (χ2n) is 11.0. The van der Waals surface area contributed by atoms with E-state index in [-0.39, 0.29) is 28.3 Å². The van der Waals surface area contributed by atoms with Crippen molar-refractivity contribution in [3.63, 3.8) is 0 Å². The Morgan fingerprint density at radius 3 is 2.17 bits per heavy atom. The summed E-state index contributed by atoms with van der Waals surface area (Å²) in [6.07, 6.45) is -2.18. The largest absolute Gasteiger partial charge is 0.508 e. The summed E-state index contributed by atoms with van der Waals surface area (Å²) in [5.74, 6) is -0.582. The molecule has 0 radical (unpaired) electrons. The smallest absolute Gasteiger partial charge is 0.303 e. The topological polar surface area (TPSA) is 184 Å². The van der Waals surface area contributed by atoms with Gasteiger partial charge in [-0.1, -0.05) is 36.3 Å². The third-order valence-electron chi connectivity index (χ3n) is 7.75. The summed E-state index contributed by atoms with van der Waals surface area (Å²) in [5.41, 5.74) is 3.06. The van der Waals surface area contributed by atoms with Crippen LogP contribution in [-0.4, -0.2) is 65.6 Å². The maximum Gasteiger partial charge on any atom is 0.303 e. The van der Waals surface area contributed by atoms with E-state index in [0.717, 1.165) is 11.1 Å². The van der Waals surface area contributed by atoms with Crippen LogP contribution in [0.15, 0.2) is 65.4 Å². The number of aromatic nitrogens is 5. The van der Waals surface area contributed by atoms with E-state index in [1.807, 2.05) is 31.2 Å². The van der Waals surface area contributed by atoms with Crippen molar-refractivity contribution in [1.29, 1.82) is 0 Å². The van der Waals surface area contributed by atoms with Crippen molar-refractivity contribution in [1.82, 2.24) is 24.7 Å². The number of carbonyl (C=O) groups excluding carboxylic acids is 2. The molecule has 1 fully saturated rings. The summed E-state index contributed by atoms with van der Waals surface area (Å²) < 4.78 is 24.7. The molecule has 0 spiro atoms. The maximum absolute atomic E-state index is 12.3. The summed E-state index contributed by atoms with van der Waals surface area (Å²) in [4.78, 5) is 37.8. The van der Waals surface area contributed by atoms with Crippen LogP contribution in [-0.2, 0) is 30.2 Å². The molecular weight excluding hydrogens is 632 g/mol. The zero-order chi connectivity index (χ0) is 33.2. The van der Waals surface area contributed by atoms with E-state index >= 15 is 0 Å². The number of phenols is 2. The van der Waals surface area contributed by atoms with Gasteiger partial charge in [-0.3, -0.25) is 14.2 Å². The van der Waals surface area contributed by atoms with Crippen LogP contribution in [0.3, 0.4) is 0 Å². The van der Waals surface area contributed by atoms with Crippen LogP contribution in [0.5, 0.6) is 11.5 Å². The number of hydrogen-bond donors (Lipinski definition) is 3. The molecule has 0 aliphatic carbocycles. The van der Waals surface area contributed by atoms with Gasteiger partial charge < -0.3 is 34.3 Å². The van der Waals surface area contributed by atoms with Crippen molar-refractivity contribution in [2.24, 2.45) is 0 Å². The molecule has 4 atom stereocenters. The van der Waals surface area contributed by atoms with Crippen LogP contribution >= 0.6 is 11.6 Å². The van der Waals surface area contributed by atoms with Gasteiger partial charge in [0.2, 0.25) is 5.28 Å². The van der Waals surface area contributed by atoms with Gasteiger partial charge in [-0.05, 0) is 53.4 Å². The molecule has 0 saturated carbocycles. The number of nitrogens with zero attached hydrogens (tertiary/aromatic N) is 5. The highest BCUT2D eigenvalue weighted by Crippen LogP contribution is 2.44. The highest BCUT2D eigenvalue weighted by Gasteiger charge is 2.52. The number of rotatable bonds is 10. The van der Waals surface area contributed by atoms with Gasteiger partial charge in [-0.2, -0.15) is 9.97 Å². The van der Waals surface area contributed by atoms with E-state index in [1.54, 1.807) is 30.3 Å². The average Bonchev–Trinajstić information content (AvgIpc) is 3.76. The Morgan fingerprint density at radius 1 is 0.979 bits per heavy atom. The number of fused-ring (bicyclic) bond motifs is 1. The molecule has 5 aromatic rings. The minimum absolute atomic E-state index is 0.0921. The minimum atomic E-state index is -1.12. The standard InChI is InChI=1S/C32H31ClN6O8/c1-4-20-13-24(47-38-20)26-27(44-16(2)40)28(45-17(3)41)31(46-26)39-15-35-25-29(36-32(33)37-30(25)39)34-14-23(18-5-9-21(42)10-6-18)19-7-11-22(43)12-8-19/h5-13,15,23,26-28,31,42-43H,4,14H2,1-3H3,(H,34,36,37)/t26-,27-,28-,31-/m1/s1. The van der Waals surface area contributed by atoms with Crippen molar-refractivity contribution >= 4 is 40.5 Å². The molecule has 1 saturated heterocycles. The Balaban J connectivity index is 1.36. The maximum atomic E-state index is 12.3. The van der Waals surface area contributed by atoms with Crippen LogP contribution in [0.4, 0.5) is 5.82 Å². The third kappa shape index (κ3) is 6.69. The lowest BCUT2D eigenvalue weighted by molar-refractivity contribution is -0.165. The number of aromatic hydroxyl groups is 2. The number of anilines is 1. The first-order chi connectivity index (χ1) is 22.6. The normalized spacial score (nSPS) is 19.3. The third-order valence-corrected chi connectivity index (χ3v) is 7.92. The summed E-state index contributed by atoms with van der Waals surface area (Å²) >= 11 is 6.43. The van der Waals surface area contributed by atoms with Crippen LogP contribution in [0, 0.1) is 0 Å². The Labute approximate surface area is 273 Å². The molecule has 3 aromatic heterocycles. The lowest BCUT2D eigenvalue weighted by Crippen LogP contribution is -2.36. The van der Waals surface area contributed by atoms with E-state index < -0.39 is 36.5 Å². The second-order valence-corrected chi connectivity index (χ2v) is 11.3. The fourth-order valence-electron chi connectivity index (χ4n) is 5.60. The summed E-state index contributed by atoms with van der Waals surface area (Å²) in [5, 5.41) is 27.0. The number of imidazole rings is 1. The summed E-state index contributed by atoms with van der Waals surface area (Å²) in [7, 11) is 0.